The van der Waals surface area contributed by atoms with Crippen molar-refractivity contribution < 1.29 is 29.1 Å². The lowest BCUT2D eigenvalue weighted by atomic mass is 9.97. The highest BCUT2D eigenvalue weighted by molar-refractivity contribution is 7.22. The quantitative estimate of drug-likeness (QED) is 0.115. The number of pyridine rings is 1. The summed E-state index contributed by atoms with van der Waals surface area (Å²) in [5.41, 5.74) is 5.15. The first-order valence-electron chi connectivity index (χ1n) is 17.8. The monoisotopic (exact) mass is 773 g/mol. The minimum atomic E-state index is -0.885. The van der Waals surface area contributed by atoms with Gasteiger partial charge in [0.1, 0.15) is 16.2 Å². The summed E-state index contributed by atoms with van der Waals surface area (Å²) in [5, 5.41) is 15.1. The summed E-state index contributed by atoms with van der Waals surface area (Å²) in [5.74, 6) is -2.06. The van der Waals surface area contributed by atoms with E-state index in [1.54, 1.807) is 41.6 Å². The van der Waals surface area contributed by atoms with Gasteiger partial charge in [-0.05, 0) is 66.2 Å². The molecule has 5 heterocycles. The number of thiazole rings is 2. The molecule has 5 amide bonds. The number of carbonyl (C=O) groups excluding carboxylic acids is 5. The Balaban J connectivity index is 0.859. The van der Waals surface area contributed by atoms with Crippen LogP contribution in [0.1, 0.15) is 43.6 Å². The van der Waals surface area contributed by atoms with Gasteiger partial charge in [0, 0.05) is 63.5 Å². The molecule has 0 saturated carbocycles. The summed E-state index contributed by atoms with van der Waals surface area (Å²) in [7, 11) is 1.75. The van der Waals surface area contributed by atoms with Gasteiger partial charge >= 0.3 is 0 Å². The molecule has 8 rings (SSSR count). The Bertz CT molecular complexity index is 2410. The molecule has 2 fully saturated rings. The number of fused-ring (bicyclic) bond motifs is 2. The molecular formula is C40H35N7O6S2. The Morgan fingerprint density at radius 1 is 0.855 bits per heavy atom. The van der Waals surface area contributed by atoms with E-state index in [1.807, 2.05) is 66.7 Å². The van der Waals surface area contributed by atoms with Crippen LogP contribution in [0.4, 0.5) is 11.4 Å². The SMILES string of the molecule is CN(c1ccc(-c2nc3cc(C4CC(=O)N(CCC(=O)Nc5ccc(-c6nc7ccccc7s6)nc5)C4=O)ccc3s2)cc1)C(O)CCN1C(=O)CCC1=O. The molecule has 2 atom stereocenters. The average molecular weight is 774 g/mol. The zero-order chi connectivity index (χ0) is 38.2. The minimum Gasteiger partial charge on any atom is -0.374 e. The van der Waals surface area contributed by atoms with Gasteiger partial charge in [-0.1, -0.05) is 18.2 Å². The van der Waals surface area contributed by atoms with E-state index in [0.29, 0.717) is 22.5 Å². The van der Waals surface area contributed by atoms with Crippen LogP contribution in [-0.2, 0) is 24.0 Å². The second-order valence-corrected chi connectivity index (χ2v) is 15.5. The summed E-state index contributed by atoms with van der Waals surface area (Å²) in [6, 6.07) is 24.6. The third-order valence-electron chi connectivity index (χ3n) is 9.91. The van der Waals surface area contributed by atoms with E-state index in [2.05, 4.69) is 15.3 Å². The van der Waals surface area contributed by atoms with Crippen molar-refractivity contribution >= 4 is 84.0 Å². The van der Waals surface area contributed by atoms with Gasteiger partial charge in [-0.25, -0.2) is 9.97 Å². The van der Waals surface area contributed by atoms with Gasteiger partial charge in [-0.2, -0.15) is 0 Å². The summed E-state index contributed by atoms with van der Waals surface area (Å²) >= 11 is 3.04. The predicted molar refractivity (Wildman–Crippen MR) is 210 cm³/mol. The molecule has 0 aliphatic carbocycles. The lowest BCUT2D eigenvalue weighted by molar-refractivity contribution is -0.140. The number of likely N-dealkylation sites (tertiary alicyclic amines) is 2. The van der Waals surface area contributed by atoms with Gasteiger partial charge in [0.15, 0.2) is 0 Å². The zero-order valence-corrected chi connectivity index (χ0v) is 31.3. The van der Waals surface area contributed by atoms with Crippen molar-refractivity contribution in [3.63, 3.8) is 0 Å². The number of aliphatic hydroxyl groups is 1. The number of para-hydroxylation sites is 1. The molecule has 2 aliphatic heterocycles. The molecule has 6 aromatic rings. The Morgan fingerprint density at radius 3 is 2.33 bits per heavy atom. The number of nitrogens with zero attached hydrogens (tertiary/aromatic N) is 6. The van der Waals surface area contributed by atoms with Crippen molar-refractivity contribution in [2.24, 2.45) is 0 Å². The normalized spacial score (nSPS) is 16.5. The average Bonchev–Trinajstić information content (AvgIpc) is 3.97. The van der Waals surface area contributed by atoms with E-state index in [0.717, 1.165) is 41.1 Å². The molecule has 55 heavy (non-hydrogen) atoms. The maximum atomic E-state index is 13.4. The second kappa shape index (κ2) is 15.1. The van der Waals surface area contributed by atoms with Crippen LogP contribution in [0, 0.1) is 0 Å². The third-order valence-corrected chi connectivity index (χ3v) is 12.1. The molecule has 0 bridgehead atoms. The van der Waals surface area contributed by atoms with Crippen molar-refractivity contribution in [2.75, 3.05) is 30.4 Å². The molecule has 3 aromatic carbocycles. The fourth-order valence-electron chi connectivity index (χ4n) is 6.80. The fraction of sp³-hybridized carbons (Fsp3) is 0.250. The van der Waals surface area contributed by atoms with Crippen LogP contribution in [0.3, 0.4) is 0 Å². The molecule has 13 nitrogen and oxygen atoms in total. The standard InChI is InChI=1S/C40H35N7O6S2/c1-45(34(49)17-19-46-35(50)14-15-36(46)51)26-10-6-23(7-11-26)38-44-30-20-24(8-13-32(30)54-38)27-21-37(52)47(40(27)53)18-16-33(48)42-25-9-12-29(41-22-25)39-43-28-4-2-3-5-31(28)55-39/h2-13,20,22,27,34,49H,14-19,21H2,1H3,(H,42,48). The number of nitrogens with one attached hydrogen (secondary N) is 1. The van der Waals surface area contributed by atoms with Gasteiger partial charge in [-0.15, -0.1) is 22.7 Å². The number of rotatable bonds is 12. The third kappa shape index (κ3) is 7.45. The Labute approximate surface area is 323 Å². The van der Waals surface area contributed by atoms with Crippen LogP contribution in [-0.4, -0.2) is 85.8 Å². The highest BCUT2D eigenvalue weighted by atomic mass is 32.1. The summed E-state index contributed by atoms with van der Waals surface area (Å²) in [6.07, 6.45) is 1.33. The van der Waals surface area contributed by atoms with Crippen molar-refractivity contribution in [2.45, 2.75) is 44.2 Å². The van der Waals surface area contributed by atoms with Crippen LogP contribution >= 0.6 is 22.7 Å². The van der Waals surface area contributed by atoms with Gasteiger partial charge in [-0.3, -0.25) is 38.8 Å². The lowest BCUT2D eigenvalue weighted by Gasteiger charge is -2.27. The molecule has 2 aliphatic rings. The van der Waals surface area contributed by atoms with Crippen LogP contribution in [0.5, 0.6) is 0 Å². The maximum absolute atomic E-state index is 13.4. The molecule has 2 unspecified atom stereocenters. The number of hydrogen-bond donors (Lipinski definition) is 2. The molecule has 2 N–H and O–H groups in total. The highest BCUT2D eigenvalue weighted by Crippen LogP contribution is 2.36. The summed E-state index contributed by atoms with van der Waals surface area (Å²) in [6.45, 7) is 0.145. The molecule has 3 aromatic heterocycles. The van der Waals surface area contributed by atoms with E-state index in [-0.39, 0.29) is 74.7 Å². The van der Waals surface area contributed by atoms with Gasteiger partial charge in [0.05, 0.1) is 43.9 Å². The number of anilines is 2. The summed E-state index contributed by atoms with van der Waals surface area (Å²) < 4.78 is 1.99. The van der Waals surface area contributed by atoms with Crippen LogP contribution < -0.4 is 10.2 Å². The number of imide groups is 2. The molecule has 278 valence electrons. The van der Waals surface area contributed by atoms with Gasteiger partial charge < -0.3 is 15.3 Å². The Morgan fingerprint density at radius 2 is 1.58 bits per heavy atom. The number of benzene rings is 3. The van der Waals surface area contributed by atoms with Gasteiger partial charge in [0.25, 0.3) is 0 Å². The number of aromatic nitrogens is 3. The Kier molecular flexibility index (Phi) is 9.90. The van der Waals surface area contributed by atoms with Crippen LogP contribution in [0.15, 0.2) is 85.1 Å². The first-order valence-corrected chi connectivity index (χ1v) is 19.5. The molecule has 0 spiro atoms. The maximum Gasteiger partial charge on any atom is 0.237 e. The van der Waals surface area contributed by atoms with Crippen LogP contribution in [0.25, 0.3) is 41.7 Å². The van der Waals surface area contributed by atoms with Crippen LogP contribution in [0.2, 0.25) is 0 Å². The second-order valence-electron chi connectivity index (χ2n) is 13.5. The number of amides is 5. The number of hydrogen-bond acceptors (Lipinski definition) is 12. The summed E-state index contributed by atoms with van der Waals surface area (Å²) in [4.78, 5) is 81.0. The van der Waals surface area contributed by atoms with Crippen molar-refractivity contribution in [3.8, 4) is 21.3 Å². The van der Waals surface area contributed by atoms with E-state index >= 15 is 0 Å². The van der Waals surface area contributed by atoms with E-state index in [1.165, 1.54) is 16.2 Å². The van der Waals surface area contributed by atoms with E-state index in [9.17, 15) is 29.1 Å². The number of aliphatic hydroxyl groups excluding tert-OH is 1. The lowest BCUT2D eigenvalue weighted by Crippen LogP contribution is -2.37. The largest absolute Gasteiger partial charge is 0.374 e. The van der Waals surface area contributed by atoms with E-state index in [4.69, 9.17) is 4.98 Å². The zero-order valence-electron chi connectivity index (χ0n) is 29.7. The Hall–Kier alpha value is -5.90. The molecule has 0 radical (unpaired) electrons. The van der Waals surface area contributed by atoms with Gasteiger partial charge in [0.2, 0.25) is 29.5 Å². The minimum absolute atomic E-state index is 0.0194. The first kappa shape index (κ1) is 36.1. The molecule has 15 heteroatoms. The van der Waals surface area contributed by atoms with Crippen molar-refractivity contribution in [3.05, 3.63) is 90.6 Å². The van der Waals surface area contributed by atoms with E-state index < -0.39 is 12.1 Å². The smallest absolute Gasteiger partial charge is 0.237 e. The highest BCUT2D eigenvalue weighted by Gasteiger charge is 2.39. The predicted octanol–water partition coefficient (Wildman–Crippen LogP) is 5.80. The molecular weight excluding hydrogens is 739 g/mol. The van der Waals surface area contributed by atoms with Crippen molar-refractivity contribution in [1.82, 2.24) is 24.8 Å². The topological polar surface area (TPSA) is 166 Å². The fourth-order valence-corrected chi connectivity index (χ4v) is 8.69. The van der Waals surface area contributed by atoms with Crippen molar-refractivity contribution in [1.29, 1.82) is 0 Å². The molecule has 2 saturated heterocycles. The number of carbonyl (C=O) groups is 5. The first-order chi connectivity index (χ1) is 26.6.